The lowest BCUT2D eigenvalue weighted by atomic mass is 10.3. The van der Waals surface area contributed by atoms with E-state index in [0.717, 1.165) is 17.1 Å². The van der Waals surface area contributed by atoms with Crippen molar-refractivity contribution in [1.29, 1.82) is 0 Å². The van der Waals surface area contributed by atoms with Crippen LogP contribution in [0.1, 0.15) is 5.69 Å². The van der Waals surface area contributed by atoms with Gasteiger partial charge >= 0.3 is 0 Å². The van der Waals surface area contributed by atoms with Gasteiger partial charge in [-0.2, -0.15) is 5.10 Å². The smallest absolute Gasteiger partial charge is 0.295 e. The second-order valence-corrected chi connectivity index (χ2v) is 7.49. The molecule has 0 radical (unpaired) electrons. The number of nitrogens with one attached hydrogen (secondary N) is 1. The van der Waals surface area contributed by atoms with E-state index in [0.29, 0.717) is 27.6 Å². The minimum atomic E-state index is -0.164. The molecule has 0 unspecified atom stereocenters. The van der Waals surface area contributed by atoms with Crippen molar-refractivity contribution in [2.24, 2.45) is 7.05 Å². The second-order valence-electron chi connectivity index (χ2n) is 7.05. The minimum Gasteiger partial charge on any atom is -0.333 e. The highest BCUT2D eigenvalue weighted by Gasteiger charge is 2.19. The highest BCUT2D eigenvalue weighted by Crippen LogP contribution is 2.25. The molecule has 0 saturated heterocycles. The molecule has 1 N–H and O–H groups in total. The molecule has 3 heterocycles. The maximum Gasteiger partial charge on any atom is 0.295 e. The van der Waals surface area contributed by atoms with Crippen LogP contribution in [0.4, 0.5) is 11.5 Å². The van der Waals surface area contributed by atoms with Crippen LogP contribution in [0.2, 0.25) is 5.02 Å². The first kappa shape index (κ1) is 19.1. The fourth-order valence-electron chi connectivity index (χ4n) is 3.55. The number of fused-ring (bicyclic) bond motifs is 1. The molecule has 0 aliphatic rings. The number of benzene rings is 2. The van der Waals surface area contributed by atoms with Crippen molar-refractivity contribution >= 4 is 34.1 Å². The SMILES string of the molecule is Cc1c(Nc2ncnc3c2cnn3-c2ccc(Cl)cc2)c(=O)n(-c2ccccc2)n1C. The minimum absolute atomic E-state index is 0.164. The molecule has 8 nitrogen and oxygen atoms in total. The van der Waals surface area contributed by atoms with Crippen LogP contribution in [0, 0.1) is 6.92 Å². The second kappa shape index (κ2) is 7.41. The van der Waals surface area contributed by atoms with Gasteiger partial charge in [0, 0.05) is 12.1 Å². The molecule has 0 fully saturated rings. The third-order valence-electron chi connectivity index (χ3n) is 5.23. The molecule has 0 bridgehead atoms. The van der Waals surface area contributed by atoms with Gasteiger partial charge in [-0.05, 0) is 43.3 Å². The summed E-state index contributed by atoms with van der Waals surface area (Å²) in [4.78, 5) is 22.0. The Bertz CT molecular complexity index is 1450. The largest absolute Gasteiger partial charge is 0.333 e. The van der Waals surface area contributed by atoms with Crippen molar-refractivity contribution in [3.05, 3.63) is 88.2 Å². The number of aromatic nitrogens is 6. The first-order valence-electron chi connectivity index (χ1n) is 9.60. The van der Waals surface area contributed by atoms with Crippen LogP contribution < -0.4 is 10.9 Å². The molecule has 0 atom stereocenters. The average molecular weight is 432 g/mol. The molecule has 2 aromatic carbocycles. The summed E-state index contributed by atoms with van der Waals surface area (Å²) in [6.45, 7) is 1.89. The van der Waals surface area contributed by atoms with E-state index in [-0.39, 0.29) is 5.56 Å². The Balaban J connectivity index is 1.60. The third-order valence-corrected chi connectivity index (χ3v) is 5.49. The van der Waals surface area contributed by atoms with Gasteiger partial charge in [-0.15, -0.1) is 0 Å². The number of nitrogens with zero attached hydrogens (tertiary/aromatic N) is 6. The molecule has 31 heavy (non-hydrogen) atoms. The van der Waals surface area contributed by atoms with E-state index in [1.54, 1.807) is 27.7 Å². The highest BCUT2D eigenvalue weighted by atomic mass is 35.5. The Morgan fingerprint density at radius 3 is 2.45 bits per heavy atom. The first-order chi connectivity index (χ1) is 15.0. The molecule has 0 amide bonds. The number of halogens is 1. The number of hydrogen-bond acceptors (Lipinski definition) is 5. The van der Waals surface area contributed by atoms with Crippen LogP contribution in [0.25, 0.3) is 22.4 Å². The monoisotopic (exact) mass is 431 g/mol. The summed E-state index contributed by atoms with van der Waals surface area (Å²) in [5, 5.41) is 9.01. The maximum absolute atomic E-state index is 13.2. The van der Waals surface area contributed by atoms with Gasteiger partial charge in [-0.25, -0.2) is 19.3 Å². The van der Waals surface area contributed by atoms with Crippen LogP contribution in [0.5, 0.6) is 0 Å². The number of anilines is 2. The summed E-state index contributed by atoms with van der Waals surface area (Å²) in [7, 11) is 1.85. The van der Waals surface area contributed by atoms with Gasteiger partial charge in [0.15, 0.2) is 5.65 Å². The van der Waals surface area contributed by atoms with E-state index >= 15 is 0 Å². The Kier molecular flexibility index (Phi) is 4.56. The summed E-state index contributed by atoms with van der Waals surface area (Å²) in [6.07, 6.45) is 3.13. The van der Waals surface area contributed by atoms with Crippen molar-refractivity contribution in [2.75, 3.05) is 5.32 Å². The predicted octanol–water partition coefficient (Wildman–Crippen LogP) is 4.01. The Hall–Kier alpha value is -3.91. The highest BCUT2D eigenvalue weighted by molar-refractivity contribution is 6.30. The van der Waals surface area contributed by atoms with Crippen LogP contribution in [-0.4, -0.2) is 29.1 Å². The fourth-order valence-corrected chi connectivity index (χ4v) is 3.67. The summed E-state index contributed by atoms with van der Waals surface area (Å²) in [5.41, 5.74) is 3.30. The fraction of sp³-hybridized carbons (Fsp3) is 0.0909. The van der Waals surface area contributed by atoms with Gasteiger partial charge in [0.1, 0.15) is 17.8 Å². The Morgan fingerprint density at radius 2 is 1.71 bits per heavy atom. The average Bonchev–Trinajstić information content (AvgIpc) is 3.31. The van der Waals surface area contributed by atoms with Gasteiger partial charge in [-0.1, -0.05) is 29.8 Å². The molecular weight excluding hydrogens is 414 g/mol. The van der Waals surface area contributed by atoms with E-state index < -0.39 is 0 Å². The molecule has 0 saturated carbocycles. The lowest BCUT2D eigenvalue weighted by Crippen LogP contribution is -2.20. The number of rotatable bonds is 4. The van der Waals surface area contributed by atoms with Gasteiger partial charge in [0.2, 0.25) is 0 Å². The van der Waals surface area contributed by atoms with E-state index in [9.17, 15) is 4.79 Å². The molecule has 5 aromatic rings. The van der Waals surface area contributed by atoms with Crippen molar-refractivity contribution in [2.45, 2.75) is 6.92 Å². The van der Waals surface area contributed by atoms with Crippen molar-refractivity contribution in [3.8, 4) is 11.4 Å². The molecule has 5 rings (SSSR count). The first-order valence-corrected chi connectivity index (χ1v) is 9.98. The lowest BCUT2D eigenvalue weighted by molar-refractivity contribution is 0.630. The molecule has 9 heteroatoms. The van der Waals surface area contributed by atoms with Crippen LogP contribution in [0.3, 0.4) is 0 Å². The van der Waals surface area contributed by atoms with Crippen LogP contribution in [-0.2, 0) is 7.05 Å². The molecule has 0 aliphatic carbocycles. The quantitative estimate of drug-likeness (QED) is 0.465. The van der Waals surface area contributed by atoms with E-state index in [1.807, 2.05) is 61.1 Å². The Morgan fingerprint density at radius 1 is 0.968 bits per heavy atom. The maximum atomic E-state index is 13.2. The van der Waals surface area contributed by atoms with E-state index in [4.69, 9.17) is 11.6 Å². The zero-order valence-corrected chi connectivity index (χ0v) is 17.6. The lowest BCUT2D eigenvalue weighted by Gasteiger charge is -2.07. The molecule has 3 aromatic heterocycles. The van der Waals surface area contributed by atoms with Gasteiger partial charge in [-0.3, -0.25) is 9.48 Å². The topological polar surface area (TPSA) is 82.6 Å². The van der Waals surface area contributed by atoms with Crippen LogP contribution in [0.15, 0.2) is 71.9 Å². The van der Waals surface area contributed by atoms with Crippen molar-refractivity contribution in [3.63, 3.8) is 0 Å². The number of hydrogen-bond donors (Lipinski definition) is 1. The van der Waals surface area contributed by atoms with E-state index in [2.05, 4.69) is 20.4 Å². The Labute approximate surface area is 182 Å². The summed E-state index contributed by atoms with van der Waals surface area (Å²) in [5.74, 6) is 0.510. The third kappa shape index (κ3) is 3.17. The zero-order valence-electron chi connectivity index (χ0n) is 16.8. The van der Waals surface area contributed by atoms with Crippen molar-refractivity contribution in [1.82, 2.24) is 29.1 Å². The number of para-hydroxylation sites is 1. The molecular formula is C22H18ClN7O. The van der Waals surface area contributed by atoms with Crippen molar-refractivity contribution < 1.29 is 0 Å². The van der Waals surface area contributed by atoms with E-state index in [1.165, 1.54) is 6.33 Å². The van der Waals surface area contributed by atoms with Crippen LogP contribution >= 0.6 is 11.6 Å². The van der Waals surface area contributed by atoms with Gasteiger partial charge < -0.3 is 5.32 Å². The molecule has 0 aliphatic heterocycles. The van der Waals surface area contributed by atoms with Gasteiger partial charge in [0.25, 0.3) is 5.56 Å². The normalized spacial score (nSPS) is 11.2. The van der Waals surface area contributed by atoms with Gasteiger partial charge in [0.05, 0.1) is 28.7 Å². The zero-order chi connectivity index (χ0) is 21.5. The predicted molar refractivity (Wildman–Crippen MR) is 121 cm³/mol. The summed E-state index contributed by atoms with van der Waals surface area (Å²) in [6, 6.07) is 16.8. The molecule has 0 spiro atoms. The summed E-state index contributed by atoms with van der Waals surface area (Å²) >= 11 is 6.00. The molecule has 154 valence electrons. The summed E-state index contributed by atoms with van der Waals surface area (Å²) < 4.78 is 5.14. The standard InChI is InChI=1S/C22H18ClN7O/c1-14-19(22(31)30(28(14)2)17-6-4-3-5-7-17)27-20-18-12-26-29(21(18)25-13-24-20)16-10-8-15(23)9-11-16/h3-13H,1-2H3,(H,24,25,27).